The molecule has 0 N–H and O–H groups in total. The highest BCUT2D eigenvalue weighted by molar-refractivity contribution is 6.37. The number of furan rings is 3. The first kappa shape index (κ1) is 84.8. The Hall–Kier alpha value is -19.9. The Labute approximate surface area is 855 Å². The van der Waals surface area contributed by atoms with Crippen LogP contribution < -0.4 is 0 Å². The topological polar surface area (TPSA) is 56.7 Å². The number of fused-ring (bicyclic) bond motifs is 30. The molecular formula is C144H84N2O3. The lowest BCUT2D eigenvalue weighted by Gasteiger charge is -2.20. The Morgan fingerprint density at radius 2 is 0.383 bits per heavy atom. The minimum Gasteiger partial charge on any atom is -0.455 e. The maximum atomic E-state index is 7.81. The van der Waals surface area contributed by atoms with E-state index < -0.39 is 0 Å². The lowest BCUT2D eigenvalue weighted by atomic mass is 9.83. The van der Waals surface area contributed by atoms with Gasteiger partial charge in [-0.3, -0.25) is 4.98 Å². The lowest BCUT2D eigenvalue weighted by Crippen LogP contribution is -1.93. The van der Waals surface area contributed by atoms with Crippen LogP contribution in [-0.4, -0.2) is 4.98 Å². The van der Waals surface area contributed by atoms with Gasteiger partial charge in [-0.15, -0.1) is 0 Å². The monoisotopic (exact) mass is 1890 g/mol. The summed E-state index contributed by atoms with van der Waals surface area (Å²) in [5, 5.41) is 42.9. The first-order chi connectivity index (χ1) is 74.0. The zero-order chi connectivity index (χ0) is 98.0. The molecule has 5 heteroatoms. The van der Waals surface area contributed by atoms with E-state index in [0.29, 0.717) is 5.69 Å². The summed E-state index contributed by atoms with van der Waals surface area (Å²) in [6, 6.07) is 179. The molecule has 0 saturated carbocycles. The molecule has 0 aliphatic rings. The van der Waals surface area contributed by atoms with E-state index in [-0.39, 0.29) is 0 Å². The normalized spacial score (nSPS) is 11.9. The van der Waals surface area contributed by atoms with Crippen molar-refractivity contribution in [3.05, 3.63) is 521 Å². The maximum Gasteiger partial charge on any atom is 0.194 e. The Balaban J connectivity index is 0.000000103. The van der Waals surface area contributed by atoms with Crippen LogP contribution in [0, 0.1) is 6.57 Å². The van der Waals surface area contributed by atoms with Crippen molar-refractivity contribution in [3.63, 3.8) is 0 Å². The number of rotatable bonds is 8. The van der Waals surface area contributed by atoms with Crippen LogP contribution in [0.2, 0.25) is 0 Å². The predicted molar refractivity (Wildman–Crippen MR) is 631 cm³/mol. The van der Waals surface area contributed by atoms with Gasteiger partial charge in [-0.05, 0) is 254 Å². The van der Waals surface area contributed by atoms with E-state index in [1.807, 2.05) is 30.6 Å². The summed E-state index contributed by atoms with van der Waals surface area (Å²) in [6.07, 6.45) is 3.78. The third kappa shape index (κ3) is 13.2. The molecule has 149 heavy (non-hydrogen) atoms. The number of nitrogens with zero attached hydrogens (tertiary/aromatic N) is 2. The van der Waals surface area contributed by atoms with Crippen LogP contribution in [0.5, 0.6) is 0 Å². The highest BCUT2D eigenvalue weighted by Crippen LogP contribution is 2.57. The molecule has 0 atom stereocenters. The molecular weight excluding hydrogens is 1810 g/mol. The van der Waals surface area contributed by atoms with Gasteiger partial charge in [0.25, 0.3) is 0 Å². The molecule has 32 aromatic rings. The van der Waals surface area contributed by atoms with E-state index in [1.165, 1.54) is 234 Å². The standard InChI is InChI=1S/C50H30O.C49H29NO.C45H25NO/c1-2-14-31(15-3-1)34-27-28-43(38-21-9-8-20-37(34)38)46-39-22-10-12-24-41(39)47(42-25-13-11-23-40(42)46)44-30-33-17-5-7-19-36(33)49-48-35-18-6-4-16-32(35)26-29-45(48)51-50(44)49;1-3-15-34-30(12-1)23-26-44-47(34)48-35-16-4-2-13-31(35)28-43(49(48)51-44)46-40-21-9-7-19-38(40)45(39-20-8-10-22-41(39)46)42-25-24-33(32-14-11-27-50-29-32)36-17-5-6-18-37(36)42;1-46-39-24-23-37(31-16-6-7-17-32(31)39)41-33-18-8-10-20-35(33)42(36-21-11-9-19-34(36)41)38-26-28-13-3-5-15-30(28)44-43-29-14-4-2-12-27(29)22-25-40(43)47-45(38)44/h1-30H;1-29H;2-26H. The van der Waals surface area contributed by atoms with E-state index in [9.17, 15) is 0 Å². The largest absolute Gasteiger partial charge is 0.455 e. The van der Waals surface area contributed by atoms with Crippen molar-refractivity contribution in [1.29, 1.82) is 0 Å². The zero-order valence-corrected chi connectivity index (χ0v) is 80.6. The summed E-state index contributed by atoms with van der Waals surface area (Å²) in [5.74, 6) is 0. The average Bonchev–Trinajstić information content (AvgIpc) is 1.67. The van der Waals surface area contributed by atoms with Gasteiger partial charge in [-0.1, -0.05) is 455 Å². The molecule has 4 aromatic heterocycles. The fraction of sp³-hybridized carbons (Fsp3) is 0. The predicted octanol–water partition coefficient (Wildman–Crippen LogP) is 41.3. The van der Waals surface area contributed by atoms with Crippen molar-refractivity contribution >= 4 is 233 Å². The summed E-state index contributed by atoms with van der Waals surface area (Å²) in [6.45, 7) is 7.81. The highest BCUT2D eigenvalue weighted by atomic mass is 16.3. The smallest absolute Gasteiger partial charge is 0.194 e. The van der Waals surface area contributed by atoms with E-state index in [0.717, 1.165) is 82.9 Å². The minimum atomic E-state index is 0.672. The molecule has 0 radical (unpaired) electrons. The number of hydrogen-bond acceptors (Lipinski definition) is 4. The molecule has 0 aliphatic carbocycles. The molecule has 0 amide bonds. The van der Waals surface area contributed by atoms with Gasteiger partial charge in [-0.25, -0.2) is 4.85 Å². The van der Waals surface area contributed by atoms with Crippen LogP contribution in [0.25, 0.3) is 321 Å². The summed E-state index contributed by atoms with van der Waals surface area (Å²) in [4.78, 5) is 8.27. The summed E-state index contributed by atoms with van der Waals surface area (Å²) >= 11 is 0. The zero-order valence-electron chi connectivity index (χ0n) is 80.6. The Morgan fingerprint density at radius 3 is 0.678 bits per heavy atom. The van der Waals surface area contributed by atoms with Gasteiger partial charge in [0.1, 0.15) is 33.5 Å². The average molecular weight is 1890 g/mol. The second-order valence-corrected chi connectivity index (χ2v) is 39.2. The van der Waals surface area contributed by atoms with Crippen molar-refractivity contribution in [2.75, 3.05) is 0 Å². The summed E-state index contributed by atoms with van der Waals surface area (Å²) in [7, 11) is 0. The Bertz CT molecular complexity index is 10800. The van der Waals surface area contributed by atoms with Crippen LogP contribution in [0.15, 0.2) is 523 Å². The van der Waals surface area contributed by atoms with E-state index in [2.05, 4.69) is 489 Å². The molecule has 0 unspecified atom stereocenters. The van der Waals surface area contributed by atoms with Crippen molar-refractivity contribution in [3.8, 4) is 89.0 Å². The van der Waals surface area contributed by atoms with Crippen molar-refractivity contribution in [2.45, 2.75) is 0 Å². The first-order valence-corrected chi connectivity index (χ1v) is 50.9. The van der Waals surface area contributed by atoms with Gasteiger partial charge < -0.3 is 13.3 Å². The highest BCUT2D eigenvalue weighted by Gasteiger charge is 2.30. The molecule has 0 bridgehead atoms. The SMILES string of the molecule is [C-]#[N+]c1ccc(-c2c3ccccc3c(-c3cc4ccccc4c4c3oc3ccc5ccccc5c34)c3ccccc23)c2ccccc12.c1ccc(-c2ccc(-c3c4ccccc4c(-c4cc5ccccc5c5c4oc4ccc6ccccc6c45)c4ccccc34)c3ccccc23)cc1.c1cncc(-c2ccc(-c3c4ccccc4c(-c4cc5ccccc5c5c4oc4ccc6ccccc6c45)c4ccccc34)c3ccccc23)c1. The van der Waals surface area contributed by atoms with Gasteiger partial charge in [0.15, 0.2) is 5.69 Å². The van der Waals surface area contributed by atoms with Gasteiger partial charge in [-0.2, -0.15) is 0 Å². The van der Waals surface area contributed by atoms with E-state index >= 15 is 0 Å². The van der Waals surface area contributed by atoms with Crippen molar-refractivity contribution < 1.29 is 13.3 Å². The van der Waals surface area contributed by atoms with Crippen LogP contribution in [0.4, 0.5) is 5.69 Å². The van der Waals surface area contributed by atoms with Gasteiger partial charge in [0.2, 0.25) is 0 Å². The third-order valence-electron chi connectivity index (χ3n) is 31.4. The third-order valence-corrected chi connectivity index (χ3v) is 31.4. The van der Waals surface area contributed by atoms with Crippen LogP contribution in [0.1, 0.15) is 0 Å². The second kappa shape index (κ2) is 34.2. The van der Waals surface area contributed by atoms with Crippen LogP contribution in [0.3, 0.4) is 0 Å². The Morgan fingerprint density at radius 1 is 0.161 bits per heavy atom. The second-order valence-electron chi connectivity index (χ2n) is 39.2. The van der Waals surface area contributed by atoms with Gasteiger partial charge in [0, 0.05) is 83.7 Å². The fourth-order valence-corrected chi connectivity index (χ4v) is 25.1. The molecule has 0 fully saturated rings. The molecule has 0 saturated heterocycles. The van der Waals surface area contributed by atoms with Crippen LogP contribution in [-0.2, 0) is 0 Å². The summed E-state index contributed by atoms with van der Waals surface area (Å²) in [5.41, 5.74) is 25.1. The number of hydrogen-bond donors (Lipinski definition) is 0. The molecule has 4 heterocycles. The van der Waals surface area contributed by atoms with Crippen molar-refractivity contribution in [1.82, 2.24) is 4.98 Å². The van der Waals surface area contributed by atoms with Gasteiger partial charge in [0.05, 0.1) is 6.57 Å². The lowest BCUT2D eigenvalue weighted by molar-refractivity contribution is 0.670. The fourth-order valence-electron chi connectivity index (χ4n) is 25.1. The molecule has 0 spiro atoms. The molecule has 5 nitrogen and oxygen atoms in total. The van der Waals surface area contributed by atoms with Crippen LogP contribution >= 0.6 is 0 Å². The van der Waals surface area contributed by atoms with E-state index in [4.69, 9.17) is 19.8 Å². The maximum absolute atomic E-state index is 7.81. The van der Waals surface area contributed by atoms with Gasteiger partial charge >= 0.3 is 0 Å². The minimum absolute atomic E-state index is 0.672. The molecule has 32 rings (SSSR count). The molecule has 28 aromatic carbocycles. The number of pyridine rings is 1. The summed E-state index contributed by atoms with van der Waals surface area (Å²) < 4.78 is 20.9. The number of benzene rings is 28. The Kier molecular flexibility index (Phi) is 19.4. The molecule has 688 valence electrons. The first-order valence-electron chi connectivity index (χ1n) is 50.9. The molecule has 0 aliphatic heterocycles. The van der Waals surface area contributed by atoms with Crippen molar-refractivity contribution in [2.24, 2.45) is 0 Å². The quantitative estimate of drug-likeness (QED) is 0.112. The number of aromatic nitrogens is 1. The van der Waals surface area contributed by atoms with E-state index in [1.54, 1.807) is 0 Å².